The van der Waals surface area contributed by atoms with Crippen molar-refractivity contribution in [3.63, 3.8) is 0 Å². The van der Waals surface area contributed by atoms with Gasteiger partial charge in [-0.2, -0.15) is 0 Å². The van der Waals surface area contributed by atoms with Crippen LogP contribution in [0.15, 0.2) is 30.3 Å². The first-order valence-electron chi connectivity index (χ1n) is 4.64. The lowest BCUT2D eigenvalue weighted by atomic mass is 10.3. The average Bonchev–Trinajstić information content (AvgIpc) is 2.25. The Balaban J connectivity index is 2.62. The summed E-state index contributed by atoms with van der Waals surface area (Å²) in [5, 5.41) is 0. The standard InChI is InChI=1S/C10H12ClNO3S/c1-12(9-5-3-2-4-6-9)10(13)7-8-16(11,14)15/h2-6H,7-8H2,1H3. The minimum atomic E-state index is -3.61. The number of carbonyl (C=O) groups is 1. The fraction of sp³-hybridized carbons (Fsp3) is 0.300. The molecule has 0 saturated carbocycles. The predicted molar refractivity (Wildman–Crippen MR) is 64.1 cm³/mol. The van der Waals surface area contributed by atoms with Gasteiger partial charge in [-0.15, -0.1) is 0 Å². The van der Waals surface area contributed by atoms with Crippen LogP contribution < -0.4 is 4.90 Å². The minimum Gasteiger partial charge on any atom is -0.315 e. The van der Waals surface area contributed by atoms with E-state index in [1.807, 2.05) is 6.07 Å². The summed E-state index contributed by atoms with van der Waals surface area (Å²) in [6, 6.07) is 8.99. The SMILES string of the molecule is CN(C(=O)CCS(=O)(=O)Cl)c1ccccc1. The summed E-state index contributed by atoms with van der Waals surface area (Å²) < 4.78 is 21.4. The molecule has 0 fully saturated rings. The third-order valence-corrected chi connectivity index (χ3v) is 3.23. The predicted octanol–water partition coefficient (Wildman–Crippen LogP) is 1.61. The zero-order valence-electron chi connectivity index (χ0n) is 8.76. The van der Waals surface area contributed by atoms with E-state index in [2.05, 4.69) is 0 Å². The molecule has 0 saturated heterocycles. The van der Waals surface area contributed by atoms with E-state index in [1.165, 1.54) is 4.90 Å². The van der Waals surface area contributed by atoms with E-state index in [9.17, 15) is 13.2 Å². The van der Waals surface area contributed by atoms with Gasteiger partial charge < -0.3 is 4.90 Å². The van der Waals surface area contributed by atoms with Crippen LogP contribution in [-0.4, -0.2) is 27.1 Å². The third-order valence-electron chi connectivity index (χ3n) is 2.08. The first-order valence-corrected chi connectivity index (χ1v) is 7.12. The fourth-order valence-electron chi connectivity index (χ4n) is 1.17. The first kappa shape index (κ1) is 13.0. The van der Waals surface area contributed by atoms with Gasteiger partial charge in [-0.25, -0.2) is 8.42 Å². The lowest BCUT2D eigenvalue weighted by Gasteiger charge is -2.16. The van der Waals surface area contributed by atoms with E-state index in [-0.39, 0.29) is 18.1 Å². The molecule has 0 atom stereocenters. The highest BCUT2D eigenvalue weighted by atomic mass is 35.7. The molecule has 4 nitrogen and oxygen atoms in total. The first-order chi connectivity index (χ1) is 7.40. The van der Waals surface area contributed by atoms with E-state index in [0.717, 1.165) is 5.69 Å². The molecule has 1 rings (SSSR count). The molecule has 0 aliphatic heterocycles. The Morgan fingerprint density at radius 2 is 1.88 bits per heavy atom. The van der Waals surface area contributed by atoms with Crippen LogP contribution in [0, 0.1) is 0 Å². The molecule has 0 heterocycles. The van der Waals surface area contributed by atoms with Crippen molar-refractivity contribution in [2.75, 3.05) is 17.7 Å². The van der Waals surface area contributed by atoms with E-state index in [0.29, 0.717) is 0 Å². The second-order valence-electron chi connectivity index (χ2n) is 3.28. The van der Waals surface area contributed by atoms with Gasteiger partial charge in [-0.3, -0.25) is 4.79 Å². The van der Waals surface area contributed by atoms with Gasteiger partial charge in [0.1, 0.15) is 0 Å². The second-order valence-corrected chi connectivity index (χ2v) is 6.18. The summed E-state index contributed by atoms with van der Waals surface area (Å²) in [4.78, 5) is 13.0. The summed E-state index contributed by atoms with van der Waals surface area (Å²) in [6.45, 7) is 0. The van der Waals surface area contributed by atoms with Crippen LogP contribution in [-0.2, 0) is 13.8 Å². The molecule has 88 valence electrons. The Labute approximate surface area is 99.2 Å². The molecule has 0 aliphatic rings. The molecule has 0 N–H and O–H groups in total. The third kappa shape index (κ3) is 4.20. The number of hydrogen-bond acceptors (Lipinski definition) is 3. The van der Waals surface area contributed by atoms with Crippen LogP contribution in [0.5, 0.6) is 0 Å². The van der Waals surface area contributed by atoms with Crippen LogP contribution in [0.1, 0.15) is 6.42 Å². The van der Waals surface area contributed by atoms with Gasteiger partial charge in [0, 0.05) is 29.8 Å². The maximum absolute atomic E-state index is 11.6. The molecule has 0 unspecified atom stereocenters. The molecule has 0 spiro atoms. The molecular formula is C10H12ClNO3S. The Hall–Kier alpha value is -1.07. The number of anilines is 1. The second kappa shape index (κ2) is 5.32. The van der Waals surface area contributed by atoms with Gasteiger partial charge in [-0.1, -0.05) is 18.2 Å². The van der Waals surface area contributed by atoms with Crippen LogP contribution in [0.2, 0.25) is 0 Å². The average molecular weight is 262 g/mol. The lowest BCUT2D eigenvalue weighted by molar-refractivity contribution is -0.117. The number of para-hydroxylation sites is 1. The number of amides is 1. The van der Waals surface area contributed by atoms with Crippen molar-refractivity contribution in [2.24, 2.45) is 0 Å². The van der Waals surface area contributed by atoms with Gasteiger partial charge in [0.05, 0.1) is 5.75 Å². The fourth-order valence-corrected chi connectivity index (χ4v) is 1.82. The molecule has 16 heavy (non-hydrogen) atoms. The molecule has 0 aliphatic carbocycles. The Bertz CT molecular complexity index is 458. The largest absolute Gasteiger partial charge is 0.315 e. The van der Waals surface area contributed by atoms with Crippen molar-refractivity contribution in [1.82, 2.24) is 0 Å². The number of benzene rings is 1. The smallest absolute Gasteiger partial charge is 0.233 e. The minimum absolute atomic E-state index is 0.114. The van der Waals surface area contributed by atoms with Crippen molar-refractivity contribution >= 4 is 31.3 Å². The molecule has 0 radical (unpaired) electrons. The van der Waals surface area contributed by atoms with Gasteiger partial charge >= 0.3 is 0 Å². The summed E-state index contributed by atoms with van der Waals surface area (Å²) in [5.74, 6) is -0.625. The van der Waals surface area contributed by atoms with E-state index in [4.69, 9.17) is 10.7 Å². The van der Waals surface area contributed by atoms with Crippen molar-refractivity contribution in [1.29, 1.82) is 0 Å². The topological polar surface area (TPSA) is 54.5 Å². The van der Waals surface area contributed by atoms with Gasteiger partial charge in [-0.05, 0) is 12.1 Å². The normalized spacial score (nSPS) is 11.1. The zero-order chi connectivity index (χ0) is 12.2. The number of nitrogens with zero attached hydrogens (tertiary/aromatic N) is 1. The molecule has 0 bridgehead atoms. The molecule has 6 heteroatoms. The quantitative estimate of drug-likeness (QED) is 0.774. The summed E-state index contributed by atoms with van der Waals surface area (Å²) >= 11 is 0. The van der Waals surface area contributed by atoms with Crippen molar-refractivity contribution < 1.29 is 13.2 Å². The van der Waals surface area contributed by atoms with Crippen LogP contribution >= 0.6 is 10.7 Å². The van der Waals surface area contributed by atoms with Crippen molar-refractivity contribution in [3.8, 4) is 0 Å². The molecule has 0 aromatic heterocycles. The van der Waals surface area contributed by atoms with Crippen molar-refractivity contribution in [3.05, 3.63) is 30.3 Å². The summed E-state index contributed by atoms with van der Waals surface area (Å²) in [5.41, 5.74) is 0.722. The highest BCUT2D eigenvalue weighted by Crippen LogP contribution is 2.12. The summed E-state index contributed by atoms with van der Waals surface area (Å²) in [7, 11) is 3.01. The highest BCUT2D eigenvalue weighted by molar-refractivity contribution is 8.13. The van der Waals surface area contributed by atoms with Crippen LogP contribution in [0.4, 0.5) is 5.69 Å². The van der Waals surface area contributed by atoms with Crippen molar-refractivity contribution in [2.45, 2.75) is 6.42 Å². The summed E-state index contributed by atoms with van der Waals surface area (Å²) in [6.07, 6.45) is -0.114. The Morgan fingerprint density at radius 3 is 2.38 bits per heavy atom. The van der Waals surface area contributed by atoms with E-state index >= 15 is 0 Å². The van der Waals surface area contributed by atoms with Gasteiger partial charge in [0.25, 0.3) is 0 Å². The monoisotopic (exact) mass is 261 g/mol. The van der Waals surface area contributed by atoms with E-state index < -0.39 is 9.05 Å². The lowest BCUT2D eigenvalue weighted by Crippen LogP contribution is -2.27. The van der Waals surface area contributed by atoms with Crippen LogP contribution in [0.25, 0.3) is 0 Å². The number of halogens is 1. The maximum Gasteiger partial charge on any atom is 0.233 e. The maximum atomic E-state index is 11.6. The number of carbonyl (C=O) groups excluding carboxylic acids is 1. The van der Waals surface area contributed by atoms with Gasteiger partial charge in [0.2, 0.25) is 15.0 Å². The molecule has 1 aromatic carbocycles. The Kier molecular flexibility index (Phi) is 4.32. The highest BCUT2D eigenvalue weighted by Gasteiger charge is 2.14. The number of rotatable bonds is 4. The molecule has 1 amide bonds. The van der Waals surface area contributed by atoms with E-state index in [1.54, 1.807) is 31.3 Å². The molecular weight excluding hydrogens is 250 g/mol. The zero-order valence-corrected chi connectivity index (χ0v) is 10.3. The number of hydrogen-bond donors (Lipinski definition) is 0. The Morgan fingerprint density at radius 1 is 1.31 bits per heavy atom. The van der Waals surface area contributed by atoms with Crippen LogP contribution in [0.3, 0.4) is 0 Å². The van der Waals surface area contributed by atoms with Gasteiger partial charge in [0.15, 0.2) is 0 Å². The molecule has 1 aromatic rings.